The molecule has 0 radical (unpaired) electrons. The van der Waals surface area contributed by atoms with Crippen molar-refractivity contribution in [2.75, 3.05) is 0 Å². The molecule has 1 amide bonds. The van der Waals surface area contributed by atoms with Gasteiger partial charge in [-0.05, 0) is 12.1 Å². The topological polar surface area (TPSA) is 48.0 Å². The van der Waals surface area contributed by atoms with Gasteiger partial charge in [-0.2, -0.15) is 0 Å². The molecule has 15 heavy (non-hydrogen) atoms. The molecule has 0 fully saturated rings. The number of fused-ring (bicyclic) bond motifs is 1. The minimum absolute atomic E-state index is 0.353. The Hall–Kier alpha value is -2.21. The predicted molar refractivity (Wildman–Crippen MR) is 59.3 cm³/mol. The van der Waals surface area contributed by atoms with Crippen LogP contribution in [0.25, 0.3) is 10.9 Å². The Bertz CT molecular complexity index is 560. The highest BCUT2D eigenvalue weighted by Crippen LogP contribution is 2.19. The van der Waals surface area contributed by atoms with Crippen LogP contribution in [-0.4, -0.2) is 10.5 Å². The number of hydrogen-bond donors (Lipinski definition) is 1. The zero-order valence-corrected chi connectivity index (χ0v) is 8.10. The van der Waals surface area contributed by atoms with E-state index in [2.05, 4.69) is 5.92 Å². The lowest BCUT2D eigenvalue weighted by atomic mass is 10.2. The van der Waals surface area contributed by atoms with Crippen molar-refractivity contribution in [2.24, 2.45) is 5.73 Å². The Labute approximate surface area is 87.5 Å². The molecule has 0 bridgehead atoms. The number of para-hydroxylation sites is 1. The fourth-order valence-electron chi connectivity index (χ4n) is 1.68. The van der Waals surface area contributed by atoms with Crippen LogP contribution in [0, 0.1) is 12.3 Å². The van der Waals surface area contributed by atoms with Crippen LogP contribution >= 0.6 is 0 Å². The van der Waals surface area contributed by atoms with Crippen LogP contribution < -0.4 is 5.73 Å². The number of carbonyl (C=O) groups is 1. The molecule has 74 valence electrons. The van der Waals surface area contributed by atoms with E-state index in [0.29, 0.717) is 12.2 Å². The second-order valence-electron chi connectivity index (χ2n) is 3.24. The molecule has 0 aliphatic rings. The maximum absolute atomic E-state index is 11.2. The molecule has 0 unspecified atom stereocenters. The summed E-state index contributed by atoms with van der Waals surface area (Å²) in [6.07, 6.45) is 5.26. The zero-order chi connectivity index (χ0) is 10.8. The largest absolute Gasteiger partial charge is 0.364 e. The molecule has 0 spiro atoms. The predicted octanol–water partition coefficient (Wildman–Crippen LogP) is 1.37. The summed E-state index contributed by atoms with van der Waals surface area (Å²) in [5.41, 5.74) is 6.67. The van der Waals surface area contributed by atoms with Crippen molar-refractivity contribution in [2.45, 2.75) is 6.54 Å². The summed E-state index contributed by atoms with van der Waals surface area (Å²) < 4.78 is 1.75. The van der Waals surface area contributed by atoms with Gasteiger partial charge in [0.1, 0.15) is 5.69 Å². The van der Waals surface area contributed by atoms with Gasteiger partial charge in [-0.1, -0.05) is 24.1 Å². The highest BCUT2D eigenvalue weighted by atomic mass is 16.1. The Balaban J connectivity index is 2.75. The minimum Gasteiger partial charge on any atom is -0.364 e. The fourth-order valence-corrected chi connectivity index (χ4v) is 1.68. The van der Waals surface area contributed by atoms with E-state index in [1.54, 1.807) is 10.6 Å². The van der Waals surface area contributed by atoms with Crippen LogP contribution in [0.2, 0.25) is 0 Å². The summed E-state index contributed by atoms with van der Waals surface area (Å²) in [5.74, 6) is 2.06. The number of hydrogen-bond acceptors (Lipinski definition) is 1. The number of primary amides is 1. The van der Waals surface area contributed by atoms with Crippen molar-refractivity contribution in [3.8, 4) is 12.3 Å². The van der Waals surface area contributed by atoms with Crippen molar-refractivity contribution in [3.63, 3.8) is 0 Å². The molecular formula is C12H10N2O. The normalized spacial score (nSPS) is 10.1. The molecule has 0 atom stereocenters. The molecule has 0 saturated heterocycles. The molecule has 1 heterocycles. The molecule has 3 heteroatoms. The van der Waals surface area contributed by atoms with Crippen molar-refractivity contribution in [3.05, 3.63) is 36.0 Å². The summed E-state index contributed by atoms with van der Waals surface area (Å²) in [5, 5.41) is 0.974. The van der Waals surface area contributed by atoms with Gasteiger partial charge >= 0.3 is 0 Å². The molecule has 0 aliphatic heterocycles. The van der Waals surface area contributed by atoms with Gasteiger partial charge < -0.3 is 10.3 Å². The molecule has 0 aliphatic carbocycles. The van der Waals surface area contributed by atoms with Gasteiger partial charge in [-0.3, -0.25) is 4.79 Å². The number of carbonyl (C=O) groups excluding carboxylic acids is 1. The number of amides is 1. The van der Waals surface area contributed by atoms with E-state index < -0.39 is 5.91 Å². The van der Waals surface area contributed by atoms with Crippen molar-refractivity contribution in [1.29, 1.82) is 0 Å². The maximum atomic E-state index is 11.2. The van der Waals surface area contributed by atoms with E-state index in [0.717, 1.165) is 10.9 Å². The van der Waals surface area contributed by atoms with Crippen molar-refractivity contribution in [1.82, 2.24) is 4.57 Å². The van der Waals surface area contributed by atoms with E-state index in [4.69, 9.17) is 12.2 Å². The summed E-state index contributed by atoms with van der Waals surface area (Å²) >= 11 is 0. The number of aromatic nitrogens is 1. The van der Waals surface area contributed by atoms with Gasteiger partial charge in [-0.15, -0.1) is 6.42 Å². The third-order valence-corrected chi connectivity index (χ3v) is 2.31. The Morgan fingerprint density at radius 1 is 1.47 bits per heavy atom. The minimum atomic E-state index is -0.457. The molecule has 2 N–H and O–H groups in total. The van der Waals surface area contributed by atoms with E-state index in [-0.39, 0.29) is 0 Å². The first-order valence-corrected chi connectivity index (χ1v) is 4.55. The first-order valence-electron chi connectivity index (χ1n) is 4.55. The lowest BCUT2D eigenvalue weighted by Gasteiger charge is -2.03. The zero-order valence-electron chi connectivity index (χ0n) is 8.10. The van der Waals surface area contributed by atoms with Gasteiger partial charge in [-0.25, -0.2) is 0 Å². The number of terminal acetylenes is 1. The van der Waals surface area contributed by atoms with Crippen LogP contribution in [0.5, 0.6) is 0 Å². The Kier molecular flexibility index (Phi) is 2.18. The van der Waals surface area contributed by atoms with Gasteiger partial charge in [0.15, 0.2) is 0 Å². The third-order valence-electron chi connectivity index (χ3n) is 2.31. The van der Waals surface area contributed by atoms with Gasteiger partial charge in [0.2, 0.25) is 0 Å². The van der Waals surface area contributed by atoms with Gasteiger partial charge in [0.05, 0.1) is 6.54 Å². The number of benzene rings is 1. The smallest absolute Gasteiger partial charge is 0.265 e. The third kappa shape index (κ3) is 1.46. The number of nitrogens with zero attached hydrogens (tertiary/aromatic N) is 1. The Morgan fingerprint density at radius 3 is 2.87 bits per heavy atom. The standard InChI is InChI=1S/C12H10N2O/c1-2-7-14-10-6-4-3-5-9(10)8-11(14)12(13)15/h1,3-6,8H,7H2,(H2,13,15). The average molecular weight is 198 g/mol. The lowest BCUT2D eigenvalue weighted by Crippen LogP contribution is -2.16. The van der Waals surface area contributed by atoms with Crippen LogP contribution in [0.15, 0.2) is 30.3 Å². The highest BCUT2D eigenvalue weighted by Gasteiger charge is 2.11. The summed E-state index contributed by atoms with van der Waals surface area (Å²) in [4.78, 5) is 11.2. The van der Waals surface area contributed by atoms with Crippen LogP contribution in [0.1, 0.15) is 10.5 Å². The van der Waals surface area contributed by atoms with E-state index in [9.17, 15) is 4.79 Å². The average Bonchev–Trinajstić information content (AvgIpc) is 2.58. The number of rotatable bonds is 2. The molecular weight excluding hydrogens is 188 g/mol. The first kappa shape index (κ1) is 9.35. The lowest BCUT2D eigenvalue weighted by molar-refractivity contribution is 0.0992. The molecule has 1 aromatic carbocycles. The SMILES string of the molecule is C#CCn1c(C(N)=O)cc2ccccc21. The van der Waals surface area contributed by atoms with E-state index in [1.165, 1.54) is 0 Å². The molecule has 2 rings (SSSR count). The Morgan fingerprint density at radius 2 is 2.20 bits per heavy atom. The molecule has 1 aromatic heterocycles. The molecule has 0 saturated carbocycles. The van der Waals surface area contributed by atoms with Gasteiger partial charge in [0.25, 0.3) is 5.91 Å². The van der Waals surface area contributed by atoms with Crippen LogP contribution in [0.4, 0.5) is 0 Å². The number of nitrogens with two attached hydrogens (primary N) is 1. The van der Waals surface area contributed by atoms with E-state index >= 15 is 0 Å². The van der Waals surface area contributed by atoms with E-state index in [1.807, 2.05) is 24.3 Å². The highest BCUT2D eigenvalue weighted by molar-refractivity contribution is 5.97. The molecule has 3 nitrogen and oxygen atoms in total. The maximum Gasteiger partial charge on any atom is 0.265 e. The van der Waals surface area contributed by atoms with Gasteiger partial charge in [0, 0.05) is 10.9 Å². The summed E-state index contributed by atoms with van der Waals surface area (Å²) in [6, 6.07) is 9.41. The summed E-state index contributed by atoms with van der Waals surface area (Å²) in [6.45, 7) is 0.353. The van der Waals surface area contributed by atoms with Crippen molar-refractivity contribution >= 4 is 16.8 Å². The monoisotopic (exact) mass is 198 g/mol. The van der Waals surface area contributed by atoms with Crippen LogP contribution in [0.3, 0.4) is 0 Å². The first-order chi connectivity index (χ1) is 7.24. The van der Waals surface area contributed by atoms with Crippen molar-refractivity contribution < 1.29 is 4.79 Å². The van der Waals surface area contributed by atoms with Crippen LogP contribution in [-0.2, 0) is 6.54 Å². The second-order valence-corrected chi connectivity index (χ2v) is 3.24. The molecule has 2 aromatic rings. The fraction of sp³-hybridized carbons (Fsp3) is 0.0833. The quantitative estimate of drug-likeness (QED) is 0.728. The second kappa shape index (κ2) is 3.50. The summed E-state index contributed by atoms with van der Waals surface area (Å²) in [7, 11) is 0.